The minimum absolute atomic E-state index is 0. The molecule has 0 aliphatic carbocycles. The first-order valence-electron chi connectivity index (χ1n) is 6.29. The van der Waals surface area contributed by atoms with Gasteiger partial charge in [0.05, 0.1) is 5.02 Å². The first-order valence-corrected chi connectivity index (χ1v) is 6.67. The molecule has 0 radical (unpaired) electrons. The normalized spacial score (nSPS) is 10.4. The minimum atomic E-state index is 0. The zero-order valence-corrected chi connectivity index (χ0v) is 13.2. The molecule has 0 heterocycles. The molecular weight excluding hydrogens is 293 g/mol. The van der Waals surface area contributed by atoms with Crippen molar-refractivity contribution in [1.82, 2.24) is 4.90 Å². The molecule has 4 heteroatoms. The summed E-state index contributed by atoms with van der Waals surface area (Å²) in [5, 5.41) is 10.1. The van der Waals surface area contributed by atoms with Crippen LogP contribution in [0, 0.1) is 0 Å². The molecular formula is C16H19Cl2NO. The van der Waals surface area contributed by atoms with Crippen LogP contribution in [-0.2, 0) is 6.42 Å². The van der Waals surface area contributed by atoms with Crippen LogP contribution in [-0.4, -0.2) is 30.6 Å². The van der Waals surface area contributed by atoms with Crippen molar-refractivity contribution in [2.24, 2.45) is 0 Å². The smallest absolute Gasteiger partial charge is 0.134 e. The van der Waals surface area contributed by atoms with Crippen molar-refractivity contribution in [1.29, 1.82) is 0 Å². The largest absolute Gasteiger partial charge is 0.506 e. The molecule has 0 fully saturated rings. The predicted octanol–water partition coefficient (Wildman–Crippen LogP) is 4.24. The molecule has 0 saturated carbocycles. The molecule has 2 nitrogen and oxygen atoms in total. The van der Waals surface area contributed by atoms with Gasteiger partial charge in [-0.05, 0) is 49.3 Å². The van der Waals surface area contributed by atoms with Crippen LogP contribution in [0.25, 0.3) is 11.1 Å². The Kier molecular flexibility index (Phi) is 6.34. The van der Waals surface area contributed by atoms with E-state index in [1.165, 1.54) is 5.56 Å². The third-order valence-corrected chi connectivity index (χ3v) is 3.42. The van der Waals surface area contributed by atoms with E-state index in [1.807, 2.05) is 18.2 Å². The van der Waals surface area contributed by atoms with Crippen molar-refractivity contribution in [3.63, 3.8) is 0 Å². The highest BCUT2D eigenvalue weighted by Crippen LogP contribution is 2.31. The topological polar surface area (TPSA) is 23.5 Å². The fourth-order valence-corrected chi connectivity index (χ4v) is 2.16. The van der Waals surface area contributed by atoms with E-state index >= 15 is 0 Å². The molecule has 0 atom stereocenters. The van der Waals surface area contributed by atoms with Crippen LogP contribution in [0.2, 0.25) is 5.02 Å². The zero-order chi connectivity index (χ0) is 13.8. The van der Waals surface area contributed by atoms with Gasteiger partial charge in [-0.2, -0.15) is 0 Å². The van der Waals surface area contributed by atoms with Gasteiger partial charge in [0.1, 0.15) is 5.75 Å². The number of benzene rings is 2. The summed E-state index contributed by atoms with van der Waals surface area (Å²) in [6, 6.07) is 13.7. The van der Waals surface area contributed by atoms with Gasteiger partial charge in [0.2, 0.25) is 0 Å². The number of hydrogen-bond acceptors (Lipinski definition) is 2. The molecule has 0 amide bonds. The number of phenols is 1. The van der Waals surface area contributed by atoms with Crippen LogP contribution < -0.4 is 0 Å². The molecule has 1 N–H and O–H groups in total. The summed E-state index contributed by atoms with van der Waals surface area (Å²) in [6.45, 7) is 0.997. The van der Waals surface area contributed by atoms with Gasteiger partial charge in [-0.3, -0.25) is 0 Å². The van der Waals surface area contributed by atoms with Crippen LogP contribution in [0.15, 0.2) is 42.5 Å². The average Bonchev–Trinajstić information content (AvgIpc) is 2.40. The first kappa shape index (κ1) is 16.8. The van der Waals surface area contributed by atoms with Crippen LogP contribution in [0.4, 0.5) is 0 Å². The van der Waals surface area contributed by atoms with E-state index in [0.29, 0.717) is 5.02 Å². The van der Waals surface area contributed by atoms with Crippen molar-refractivity contribution in [3.8, 4) is 16.9 Å². The van der Waals surface area contributed by atoms with Gasteiger partial charge in [-0.1, -0.05) is 41.9 Å². The van der Waals surface area contributed by atoms with E-state index in [9.17, 15) is 5.11 Å². The number of aromatic hydroxyl groups is 1. The van der Waals surface area contributed by atoms with E-state index in [1.54, 1.807) is 12.1 Å². The van der Waals surface area contributed by atoms with Crippen LogP contribution in [0.1, 0.15) is 5.56 Å². The van der Waals surface area contributed by atoms with Gasteiger partial charge in [-0.25, -0.2) is 0 Å². The molecule has 0 aliphatic heterocycles. The van der Waals surface area contributed by atoms with Crippen molar-refractivity contribution in [2.45, 2.75) is 6.42 Å². The van der Waals surface area contributed by atoms with Gasteiger partial charge >= 0.3 is 0 Å². The molecule has 20 heavy (non-hydrogen) atoms. The second-order valence-electron chi connectivity index (χ2n) is 4.88. The maximum Gasteiger partial charge on any atom is 0.134 e. The lowest BCUT2D eigenvalue weighted by molar-refractivity contribution is 0.414. The van der Waals surface area contributed by atoms with Crippen molar-refractivity contribution >= 4 is 24.0 Å². The number of hydrogen-bond donors (Lipinski definition) is 1. The highest BCUT2D eigenvalue weighted by Gasteiger charge is 2.07. The molecule has 108 valence electrons. The summed E-state index contributed by atoms with van der Waals surface area (Å²) in [5.41, 5.74) is 3.42. The fourth-order valence-electron chi connectivity index (χ4n) is 2.04. The van der Waals surface area contributed by atoms with E-state index in [0.717, 1.165) is 24.1 Å². The third kappa shape index (κ3) is 4.14. The van der Waals surface area contributed by atoms with Crippen molar-refractivity contribution in [3.05, 3.63) is 53.1 Å². The average molecular weight is 312 g/mol. The van der Waals surface area contributed by atoms with E-state index in [2.05, 4.69) is 31.1 Å². The second kappa shape index (κ2) is 7.53. The Labute approximate surface area is 131 Å². The Hall–Kier alpha value is -1.22. The summed E-state index contributed by atoms with van der Waals surface area (Å²) < 4.78 is 0. The third-order valence-electron chi connectivity index (χ3n) is 3.10. The highest BCUT2D eigenvalue weighted by atomic mass is 35.5. The molecule has 0 bridgehead atoms. The van der Waals surface area contributed by atoms with Gasteiger partial charge < -0.3 is 10.0 Å². The fraction of sp³-hybridized carbons (Fsp3) is 0.250. The van der Waals surface area contributed by atoms with Crippen LogP contribution in [0.5, 0.6) is 5.75 Å². The predicted molar refractivity (Wildman–Crippen MR) is 88.1 cm³/mol. The number of phenolic OH excluding ortho intramolecular Hbond substituents is 1. The molecule has 0 aromatic heterocycles. The Morgan fingerprint density at radius 1 is 1.10 bits per heavy atom. The lowest BCUT2D eigenvalue weighted by Crippen LogP contribution is -2.15. The quantitative estimate of drug-likeness (QED) is 0.913. The molecule has 2 aromatic rings. The summed E-state index contributed by atoms with van der Waals surface area (Å²) >= 11 is 5.85. The zero-order valence-electron chi connectivity index (χ0n) is 11.6. The Bertz CT molecular complexity index is 570. The summed E-state index contributed by atoms with van der Waals surface area (Å²) in [5.74, 6) is 0.126. The second-order valence-corrected chi connectivity index (χ2v) is 5.28. The minimum Gasteiger partial charge on any atom is -0.506 e. The summed E-state index contributed by atoms with van der Waals surface area (Å²) in [6.07, 6.45) is 0.979. The van der Waals surface area contributed by atoms with E-state index in [4.69, 9.17) is 11.6 Å². The van der Waals surface area contributed by atoms with Gasteiger partial charge in [0.25, 0.3) is 0 Å². The number of halogens is 2. The van der Waals surface area contributed by atoms with Crippen molar-refractivity contribution < 1.29 is 5.11 Å². The Morgan fingerprint density at radius 3 is 2.45 bits per heavy atom. The molecule has 0 saturated heterocycles. The number of likely N-dealkylation sites (N-methyl/N-ethyl adjacent to an activating group) is 1. The van der Waals surface area contributed by atoms with Gasteiger partial charge in [0, 0.05) is 6.54 Å². The highest BCUT2D eigenvalue weighted by molar-refractivity contribution is 6.32. The lowest BCUT2D eigenvalue weighted by Gasteiger charge is -2.13. The maximum atomic E-state index is 9.73. The van der Waals surface area contributed by atoms with E-state index in [-0.39, 0.29) is 18.2 Å². The van der Waals surface area contributed by atoms with Crippen LogP contribution >= 0.6 is 24.0 Å². The Balaban J connectivity index is 0.00000200. The van der Waals surface area contributed by atoms with Crippen molar-refractivity contribution in [2.75, 3.05) is 20.6 Å². The molecule has 0 spiro atoms. The SMILES string of the molecule is CN(C)CCc1ccccc1-c1ccc(Cl)c(O)c1.Cl. The number of rotatable bonds is 4. The summed E-state index contributed by atoms with van der Waals surface area (Å²) in [7, 11) is 4.13. The Morgan fingerprint density at radius 2 is 1.80 bits per heavy atom. The standard InChI is InChI=1S/C16H18ClNO.ClH/c1-18(2)10-9-12-5-3-4-6-14(12)13-7-8-15(17)16(19)11-13;/h3-8,11,19H,9-10H2,1-2H3;1H. The molecule has 2 rings (SSSR count). The summed E-state index contributed by atoms with van der Waals surface area (Å²) in [4.78, 5) is 2.16. The van der Waals surface area contributed by atoms with Crippen LogP contribution in [0.3, 0.4) is 0 Å². The monoisotopic (exact) mass is 311 g/mol. The van der Waals surface area contributed by atoms with Gasteiger partial charge in [-0.15, -0.1) is 12.4 Å². The molecule has 2 aromatic carbocycles. The maximum absolute atomic E-state index is 9.73. The van der Waals surface area contributed by atoms with E-state index < -0.39 is 0 Å². The first-order chi connectivity index (χ1) is 9.08. The molecule has 0 aliphatic rings. The molecule has 0 unspecified atom stereocenters. The van der Waals surface area contributed by atoms with Gasteiger partial charge in [0.15, 0.2) is 0 Å². The number of nitrogens with zero attached hydrogens (tertiary/aromatic N) is 1. The lowest BCUT2D eigenvalue weighted by atomic mass is 9.97.